The summed E-state index contributed by atoms with van der Waals surface area (Å²) in [7, 11) is 1.63. The highest BCUT2D eigenvalue weighted by Crippen LogP contribution is 2.26. The van der Waals surface area contributed by atoms with Gasteiger partial charge in [0.25, 0.3) is 0 Å². The SMILES string of the molecule is CCNC(=NCC(C)Oc1ccccc1OC)NCCCN1CCCC1=O. The third-order valence-electron chi connectivity index (χ3n) is 4.32. The monoisotopic (exact) mass is 376 g/mol. The number of hydrogen-bond acceptors (Lipinski definition) is 4. The summed E-state index contributed by atoms with van der Waals surface area (Å²) in [5.41, 5.74) is 0. The summed E-state index contributed by atoms with van der Waals surface area (Å²) in [6, 6.07) is 7.60. The normalized spacial score (nSPS) is 15.6. The second kappa shape index (κ2) is 11.3. The number of carbonyl (C=O) groups excluding carboxylic acids is 1. The molecule has 2 rings (SSSR count). The van der Waals surface area contributed by atoms with E-state index in [-0.39, 0.29) is 12.0 Å². The number of likely N-dealkylation sites (tertiary alicyclic amines) is 1. The van der Waals surface area contributed by atoms with Crippen LogP contribution in [0.1, 0.15) is 33.1 Å². The number of ether oxygens (including phenoxy) is 2. The molecule has 7 heteroatoms. The standard InChI is InChI=1S/C20H32N4O3/c1-4-21-20(22-12-8-14-24-13-7-11-19(24)25)23-15-16(2)27-18-10-6-5-9-17(18)26-3/h5-6,9-10,16H,4,7-8,11-15H2,1-3H3,(H2,21,22,23). The number of para-hydroxylation sites is 2. The number of hydrogen-bond donors (Lipinski definition) is 2. The third kappa shape index (κ3) is 7.00. The molecule has 0 saturated carbocycles. The first-order chi connectivity index (χ1) is 13.1. The van der Waals surface area contributed by atoms with Crippen molar-refractivity contribution in [3.8, 4) is 11.5 Å². The van der Waals surface area contributed by atoms with Crippen molar-refractivity contribution in [3.63, 3.8) is 0 Å². The Kier molecular flexibility index (Phi) is 8.74. The average molecular weight is 377 g/mol. The first-order valence-electron chi connectivity index (χ1n) is 9.73. The number of nitrogens with zero attached hydrogens (tertiary/aromatic N) is 2. The van der Waals surface area contributed by atoms with Crippen molar-refractivity contribution in [2.24, 2.45) is 4.99 Å². The molecule has 2 N–H and O–H groups in total. The number of amides is 1. The number of nitrogens with one attached hydrogen (secondary N) is 2. The Hall–Kier alpha value is -2.44. The molecule has 150 valence electrons. The molecule has 1 aliphatic rings. The molecule has 0 aromatic heterocycles. The van der Waals surface area contributed by atoms with E-state index >= 15 is 0 Å². The molecular weight excluding hydrogens is 344 g/mol. The number of benzene rings is 1. The van der Waals surface area contributed by atoms with Crippen molar-refractivity contribution in [1.29, 1.82) is 0 Å². The first-order valence-corrected chi connectivity index (χ1v) is 9.73. The van der Waals surface area contributed by atoms with Gasteiger partial charge in [0.15, 0.2) is 17.5 Å². The van der Waals surface area contributed by atoms with Gasteiger partial charge in [0.2, 0.25) is 5.91 Å². The van der Waals surface area contributed by atoms with Crippen LogP contribution >= 0.6 is 0 Å². The topological polar surface area (TPSA) is 75.2 Å². The average Bonchev–Trinajstić information content (AvgIpc) is 3.08. The van der Waals surface area contributed by atoms with Gasteiger partial charge in [-0.1, -0.05) is 12.1 Å². The van der Waals surface area contributed by atoms with E-state index in [0.29, 0.717) is 13.0 Å². The van der Waals surface area contributed by atoms with Crippen LogP contribution in [0, 0.1) is 0 Å². The second-order valence-corrected chi connectivity index (χ2v) is 6.56. The summed E-state index contributed by atoms with van der Waals surface area (Å²) in [5.74, 6) is 2.48. The van der Waals surface area contributed by atoms with E-state index in [1.807, 2.05) is 43.0 Å². The molecule has 1 heterocycles. The van der Waals surface area contributed by atoms with Crippen molar-refractivity contribution in [3.05, 3.63) is 24.3 Å². The summed E-state index contributed by atoms with van der Waals surface area (Å²) in [6.07, 6.45) is 2.50. The van der Waals surface area contributed by atoms with Gasteiger partial charge in [-0.25, -0.2) is 4.99 Å². The maximum Gasteiger partial charge on any atom is 0.222 e. The predicted octanol–water partition coefficient (Wildman–Crippen LogP) is 2.03. The van der Waals surface area contributed by atoms with Gasteiger partial charge in [-0.05, 0) is 38.8 Å². The first kappa shape index (κ1) is 20.9. The molecular formula is C20H32N4O3. The van der Waals surface area contributed by atoms with E-state index < -0.39 is 0 Å². The minimum Gasteiger partial charge on any atom is -0.493 e. The van der Waals surface area contributed by atoms with E-state index in [0.717, 1.165) is 56.5 Å². The van der Waals surface area contributed by atoms with Gasteiger partial charge < -0.3 is 25.0 Å². The third-order valence-corrected chi connectivity index (χ3v) is 4.32. The zero-order valence-electron chi connectivity index (χ0n) is 16.7. The van der Waals surface area contributed by atoms with E-state index in [9.17, 15) is 4.79 Å². The molecule has 1 atom stereocenters. The fourth-order valence-electron chi connectivity index (χ4n) is 2.95. The van der Waals surface area contributed by atoms with Gasteiger partial charge >= 0.3 is 0 Å². The zero-order chi connectivity index (χ0) is 19.5. The molecule has 7 nitrogen and oxygen atoms in total. The maximum atomic E-state index is 11.6. The lowest BCUT2D eigenvalue weighted by molar-refractivity contribution is -0.127. The van der Waals surface area contributed by atoms with Crippen molar-refractivity contribution in [2.75, 3.05) is 39.8 Å². The summed E-state index contributed by atoms with van der Waals surface area (Å²) in [4.78, 5) is 18.2. The Morgan fingerprint density at radius 3 is 2.74 bits per heavy atom. The molecule has 27 heavy (non-hydrogen) atoms. The van der Waals surface area contributed by atoms with Crippen LogP contribution in [0.2, 0.25) is 0 Å². The molecule has 0 aliphatic carbocycles. The van der Waals surface area contributed by atoms with Crippen LogP contribution in [0.5, 0.6) is 11.5 Å². The van der Waals surface area contributed by atoms with Gasteiger partial charge in [0, 0.05) is 32.6 Å². The van der Waals surface area contributed by atoms with Gasteiger partial charge in [0.1, 0.15) is 6.10 Å². The highest BCUT2D eigenvalue weighted by atomic mass is 16.5. The number of guanidine groups is 1. The fraction of sp³-hybridized carbons (Fsp3) is 0.600. The van der Waals surface area contributed by atoms with Crippen LogP contribution in [-0.2, 0) is 4.79 Å². The van der Waals surface area contributed by atoms with Crippen LogP contribution in [0.3, 0.4) is 0 Å². The van der Waals surface area contributed by atoms with Crippen molar-refractivity contribution < 1.29 is 14.3 Å². The minimum atomic E-state index is -0.0843. The second-order valence-electron chi connectivity index (χ2n) is 6.56. The minimum absolute atomic E-state index is 0.0843. The molecule has 1 aromatic carbocycles. The molecule has 1 saturated heterocycles. The van der Waals surface area contributed by atoms with Crippen LogP contribution in [0.4, 0.5) is 0 Å². The largest absolute Gasteiger partial charge is 0.493 e. The lowest BCUT2D eigenvalue weighted by Crippen LogP contribution is -2.39. The molecule has 0 spiro atoms. The Balaban J connectivity index is 1.76. The fourth-order valence-corrected chi connectivity index (χ4v) is 2.95. The molecule has 1 unspecified atom stereocenters. The van der Waals surface area contributed by atoms with E-state index in [1.54, 1.807) is 7.11 Å². The van der Waals surface area contributed by atoms with E-state index in [4.69, 9.17) is 9.47 Å². The Morgan fingerprint density at radius 1 is 1.30 bits per heavy atom. The van der Waals surface area contributed by atoms with Gasteiger partial charge in [-0.15, -0.1) is 0 Å². The van der Waals surface area contributed by atoms with Gasteiger partial charge in [-0.2, -0.15) is 0 Å². The number of carbonyl (C=O) groups is 1. The number of aliphatic imine (C=N–C) groups is 1. The molecule has 0 bridgehead atoms. The van der Waals surface area contributed by atoms with Crippen LogP contribution < -0.4 is 20.1 Å². The Bertz CT molecular complexity index is 621. The summed E-state index contributed by atoms with van der Waals surface area (Å²) in [5, 5.41) is 6.56. The van der Waals surface area contributed by atoms with Crippen molar-refractivity contribution in [1.82, 2.24) is 15.5 Å². The summed E-state index contributed by atoms with van der Waals surface area (Å²) >= 11 is 0. The van der Waals surface area contributed by atoms with Crippen molar-refractivity contribution >= 4 is 11.9 Å². The predicted molar refractivity (Wildman–Crippen MR) is 107 cm³/mol. The maximum absolute atomic E-state index is 11.6. The highest BCUT2D eigenvalue weighted by Gasteiger charge is 2.18. The van der Waals surface area contributed by atoms with Crippen LogP contribution in [0.25, 0.3) is 0 Å². The smallest absolute Gasteiger partial charge is 0.222 e. The lowest BCUT2D eigenvalue weighted by Gasteiger charge is -2.18. The van der Waals surface area contributed by atoms with Gasteiger partial charge in [-0.3, -0.25) is 4.79 Å². The van der Waals surface area contributed by atoms with E-state index in [1.165, 1.54) is 0 Å². The molecule has 1 fully saturated rings. The zero-order valence-corrected chi connectivity index (χ0v) is 16.7. The lowest BCUT2D eigenvalue weighted by atomic mass is 10.3. The van der Waals surface area contributed by atoms with Crippen molar-refractivity contribution in [2.45, 2.75) is 39.2 Å². The highest BCUT2D eigenvalue weighted by molar-refractivity contribution is 5.79. The molecule has 1 amide bonds. The molecule has 1 aliphatic heterocycles. The summed E-state index contributed by atoms with van der Waals surface area (Å²) in [6.45, 7) is 7.81. The van der Waals surface area contributed by atoms with Crippen LogP contribution in [0.15, 0.2) is 29.3 Å². The number of rotatable bonds is 10. The van der Waals surface area contributed by atoms with Gasteiger partial charge in [0.05, 0.1) is 13.7 Å². The number of methoxy groups -OCH3 is 1. The van der Waals surface area contributed by atoms with Crippen LogP contribution in [-0.4, -0.2) is 62.7 Å². The molecule has 0 radical (unpaired) electrons. The quantitative estimate of drug-likeness (QED) is 0.371. The Morgan fingerprint density at radius 2 is 2.07 bits per heavy atom. The molecule has 1 aromatic rings. The van der Waals surface area contributed by atoms with E-state index in [2.05, 4.69) is 15.6 Å². The summed E-state index contributed by atoms with van der Waals surface area (Å²) < 4.78 is 11.3. The Labute approximate surface area is 162 Å².